The molecule has 3 N–H and O–H groups in total. The second kappa shape index (κ2) is 9.48. The van der Waals surface area contributed by atoms with Crippen LogP contribution in [0.2, 0.25) is 0 Å². The quantitative estimate of drug-likeness (QED) is 0.503. The molecule has 6 nitrogen and oxygen atoms in total. The molecule has 3 rings (SSSR count). The highest BCUT2D eigenvalue weighted by molar-refractivity contribution is 7.99. The van der Waals surface area contributed by atoms with Crippen LogP contribution in [0.25, 0.3) is 11.4 Å². The van der Waals surface area contributed by atoms with Crippen LogP contribution in [0, 0.1) is 5.82 Å². The monoisotopic (exact) mass is 400 g/mol. The largest absolute Gasteiger partial charge is 0.349 e. The van der Waals surface area contributed by atoms with Crippen LogP contribution in [0.1, 0.15) is 11.6 Å². The smallest absolute Gasteiger partial charge is 0.230 e. The van der Waals surface area contributed by atoms with Crippen molar-refractivity contribution in [2.75, 3.05) is 26.4 Å². The Labute approximate surface area is 167 Å². The van der Waals surface area contributed by atoms with Crippen molar-refractivity contribution in [1.29, 1.82) is 0 Å². The predicted molar refractivity (Wildman–Crippen MR) is 108 cm³/mol. The molecule has 1 amide bonds. The summed E-state index contributed by atoms with van der Waals surface area (Å²) in [6.07, 6.45) is 0. The van der Waals surface area contributed by atoms with Crippen molar-refractivity contribution in [1.82, 2.24) is 20.5 Å². The van der Waals surface area contributed by atoms with Gasteiger partial charge in [-0.05, 0) is 12.1 Å². The van der Waals surface area contributed by atoms with Crippen LogP contribution in [0.5, 0.6) is 0 Å². The van der Waals surface area contributed by atoms with Crippen LogP contribution < -0.4 is 10.2 Å². The molecule has 1 heterocycles. The number of aromatic amines is 1. The van der Waals surface area contributed by atoms with E-state index in [1.165, 1.54) is 28.3 Å². The average molecular weight is 401 g/mol. The van der Waals surface area contributed by atoms with E-state index in [2.05, 4.69) is 46.7 Å². The van der Waals surface area contributed by atoms with Gasteiger partial charge in [0.2, 0.25) is 11.1 Å². The highest BCUT2D eigenvalue weighted by Gasteiger charge is 2.18. The number of halogens is 1. The Morgan fingerprint density at radius 1 is 1.18 bits per heavy atom. The van der Waals surface area contributed by atoms with Gasteiger partial charge < -0.3 is 10.2 Å². The van der Waals surface area contributed by atoms with E-state index >= 15 is 0 Å². The highest BCUT2D eigenvalue weighted by Crippen LogP contribution is 2.21. The van der Waals surface area contributed by atoms with Gasteiger partial charge in [0.05, 0.1) is 32.0 Å². The van der Waals surface area contributed by atoms with Crippen molar-refractivity contribution in [3.05, 3.63) is 66.0 Å². The number of likely N-dealkylation sites (N-methyl/N-ethyl adjacent to an activating group) is 1. The zero-order valence-electron chi connectivity index (χ0n) is 15.8. The van der Waals surface area contributed by atoms with Gasteiger partial charge in [-0.3, -0.25) is 9.89 Å². The molecule has 146 valence electrons. The minimum atomic E-state index is -0.369. The maximum atomic E-state index is 13.8. The van der Waals surface area contributed by atoms with Crippen molar-refractivity contribution in [3.8, 4) is 11.4 Å². The number of thioether (sulfide) groups is 1. The van der Waals surface area contributed by atoms with E-state index in [0.717, 1.165) is 0 Å². The van der Waals surface area contributed by atoms with Crippen molar-refractivity contribution in [3.63, 3.8) is 0 Å². The molecule has 0 saturated carbocycles. The second-order valence-electron chi connectivity index (χ2n) is 6.58. The summed E-state index contributed by atoms with van der Waals surface area (Å²) in [6.45, 7) is 0.542. The lowest BCUT2D eigenvalue weighted by Crippen LogP contribution is -3.07. The standard InChI is InChI=1S/C20H22FN5OS/c1-26(2)17(14-8-4-3-5-9-14)12-22-18(27)13-28-20-23-19(24-25-20)15-10-6-7-11-16(15)21/h3-11,17H,12-13H2,1-2H3,(H,22,27)(H,23,24,25)/p+1/t17-/m0/s1. The lowest BCUT2D eigenvalue weighted by Gasteiger charge is -2.22. The Kier molecular flexibility index (Phi) is 6.78. The van der Waals surface area contributed by atoms with Crippen molar-refractivity contribution < 1.29 is 14.1 Å². The highest BCUT2D eigenvalue weighted by atomic mass is 32.2. The molecule has 3 aromatic rings. The fraction of sp³-hybridized carbons (Fsp3) is 0.250. The minimum Gasteiger partial charge on any atom is -0.349 e. The summed E-state index contributed by atoms with van der Waals surface area (Å²) in [6, 6.07) is 16.6. The molecular formula is C20H23FN5OS+. The third-order valence-corrected chi connectivity index (χ3v) is 5.18. The number of carbonyl (C=O) groups is 1. The molecule has 0 spiro atoms. The Morgan fingerprint density at radius 2 is 1.89 bits per heavy atom. The number of nitrogens with zero attached hydrogens (tertiary/aromatic N) is 2. The lowest BCUT2D eigenvalue weighted by atomic mass is 10.1. The summed E-state index contributed by atoms with van der Waals surface area (Å²) in [5.74, 6) is 0.0793. The zero-order chi connectivity index (χ0) is 19.9. The molecule has 0 unspecified atom stereocenters. The number of quaternary nitrogens is 1. The number of rotatable bonds is 8. The third-order valence-electron chi connectivity index (χ3n) is 4.33. The van der Waals surface area contributed by atoms with E-state index in [9.17, 15) is 9.18 Å². The summed E-state index contributed by atoms with van der Waals surface area (Å²) in [4.78, 5) is 17.7. The summed E-state index contributed by atoms with van der Waals surface area (Å²) >= 11 is 1.21. The maximum absolute atomic E-state index is 13.8. The van der Waals surface area contributed by atoms with Gasteiger partial charge in [-0.1, -0.05) is 54.2 Å². The van der Waals surface area contributed by atoms with Gasteiger partial charge in [0.1, 0.15) is 11.9 Å². The molecular weight excluding hydrogens is 377 g/mol. The molecule has 0 radical (unpaired) electrons. The van der Waals surface area contributed by atoms with E-state index in [1.807, 2.05) is 18.2 Å². The number of amides is 1. The van der Waals surface area contributed by atoms with Gasteiger partial charge in [0.25, 0.3) is 0 Å². The van der Waals surface area contributed by atoms with E-state index < -0.39 is 0 Å². The summed E-state index contributed by atoms with van der Waals surface area (Å²) in [5.41, 5.74) is 1.53. The number of nitrogens with one attached hydrogen (secondary N) is 3. The fourth-order valence-electron chi connectivity index (χ4n) is 2.82. The molecule has 0 aliphatic heterocycles. The molecule has 8 heteroatoms. The first kappa shape index (κ1) is 20.0. The molecule has 28 heavy (non-hydrogen) atoms. The molecule has 0 saturated heterocycles. The van der Waals surface area contributed by atoms with Gasteiger partial charge in [0, 0.05) is 5.56 Å². The molecule has 1 aromatic heterocycles. The van der Waals surface area contributed by atoms with E-state index in [-0.39, 0.29) is 23.5 Å². The van der Waals surface area contributed by atoms with Gasteiger partial charge in [0.15, 0.2) is 5.82 Å². The normalized spacial score (nSPS) is 12.1. The molecule has 2 aromatic carbocycles. The fourth-order valence-corrected chi connectivity index (χ4v) is 3.45. The van der Waals surface area contributed by atoms with Crippen LogP contribution in [-0.4, -0.2) is 47.5 Å². The van der Waals surface area contributed by atoms with Crippen LogP contribution in [0.15, 0.2) is 59.8 Å². The van der Waals surface area contributed by atoms with Gasteiger partial charge in [-0.2, -0.15) is 0 Å². The number of carbonyl (C=O) groups excluding carboxylic acids is 1. The number of aromatic nitrogens is 3. The third kappa shape index (κ3) is 5.17. The SMILES string of the molecule is C[NH+](C)[C@@H](CNC(=O)CSc1n[nH]c(-c2ccccc2F)n1)c1ccccc1. The molecule has 0 aliphatic carbocycles. The lowest BCUT2D eigenvalue weighted by molar-refractivity contribution is -0.890. The van der Waals surface area contributed by atoms with E-state index in [0.29, 0.717) is 23.1 Å². The maximum Gasteiger partial charge on any atom is 0.230 e. The first-order valence-electron chi connectivity index (χ1n) is 8.96. The van der Waals surface area contributed by atoms with Gasteiger partial charge in [-0.15, -0.1) is 5.10 Å². The summed E-state index contributed by atoms with van der Waals surface area (Å²) in [5, 5.41) is 10.2. The average Bonchev–Trinajstić information content (AvgIpc) is 3.16. The topological polar surface area (TPSA) is 75.1 Å². The predicted octanol–water partition coefficient (Wildman–Crippen LogP) is 1.70. The first-order chi connectivity index (χ1) is 13.5. The van der Waals surface area contributed by atoms with Crippen LogP contribution in [-0.2, 0) is 4.79 Å². The van der Waals surface area contributed by atoms with Crippen molar-refractivity contribution in [2.45, 2.75) is 11.2 Å². The molecule has 1 atom stereocenters. The molecule has 0 fully saturated rings. The van der Waals surface area contributed by atoms with Gasteiger partial charge in [-0.25, -0.2) is 9.37 Å². The molecule has 0 bridgehead atoms. The van der Waals surface area contributed by atoms with Crippen LogP contribution >= 0.6 is 11.8 Å². The Balaban J connectivity index is 1.53. The van der Waals surface area contributed by atoms with Crippen molar-refractivity contribution in [2.24, 2.45) is 0 Å². The summed E-state index contributed by atoms with van der Waals surface area (Å²) in [7, 11) is 4.13. The minimum absolute atomic E-state index is 0.0931. The zero-order valence-corrected chi connectivity index (χ0v) is 16.6. The second-order valence-corrected chi connectivity index (χ2v) is 7.52. The Morgan fingerprint density at radius 3 is 2.61 bits per heavy atom. The van der Waals surface area contributed by atoms with Crippen LogP contribution in [0.3, 0.4) is 0 Å². The summed E-state index contributed by atoms with van der Waals surface area (Å²) < 4.78 is 13.8. The Hall–Kier alpha value is -2.71. The number of hydrogen-bond acceptors (Lipinski definition) is 4. The number of benzene rings is 2. The van der Waals surface area contributed by atoms with E-state index in [4.69, 9.17) is 0 Å². The number of H-pyrrole nitrogens is 1. The van der Waals surface area contributed by atoms with Crippen LogP contribution in [0.4, 0.5) is 4.39 Å². The van der Waals surface area contributed by atoms with Gasteiger partial charge >= 0.3 is 0 Å². The Bertz CT molecular complexity index is 916. The van der Waals surface area contributed by atoms with E-state index in [1.54, 1.807) is 18.2 Å². The number of hydrogen-bond donors (Lipinski definition) is 3. The molecule has 0 aliphatic rings. The van der Waals surface area contributed by atoms with Crippen molar-refractivity contribution >= 4 is 17.7 Å². The first-order valence-corrected chi connectivity index (χ1v) is 9.95.